The molecule has 0 bridgehead atoms. The van der Waals surface area contributed by atoms with Crippen molar-refractivity contribution in [2.45, 2.75) is 30.7 Å². The van der Waals surface area contributed by atoms with Crippen molar-refractivity contribution in [1.29, 1.82) is 0 Å². The largest absolute Gasteiger partial charge is 0.394 e. The summed E-state index contributed by atoms with van der Waals surface area (Å²) in [6.45, 7) is -0.440. The second-order valence-electron chi connectivity index (χ2n) is 2.93. The van der Waals surface area contributed by atoms with Gasteiger partial charge in [0.25, 0.3) is 0 Å². The van der Waals surface area contributed by atoms with Crippen molar-refractivity contribution in [2.24, 2.45) is 0 Å². The molecule has 5 atom stereocenters. The van der Waals surface area contributed by atoms with Crippen LogP contribution in [0, 0.1) is 0 Å². The quantitative estimate of drug-likeness (QED) is 0.386. The molecule has 1 rings (SSSR count). The topological polar surface area (TPSA) is 99.4 Å². The predicted octanol–water partition coefficient (Wildman–Crippen LogP) is -2.57. The minimum atomic E-state index is -1.36. The van der Waals surface area contributed by atoms with Gasteiger partial charge < -0.3 is 29.9 Å². The van der Waals surface area contributed by atoms with Crippen LogP contribution in [-0.4, -0.2) is 64.8 Å². The Kier molecular flexibility index (Phi) is 3.60. The zero-order chi connectivity index (χ0) is 10.0. The molecule has 0 saturated carbocycles. The van der Waals surface area contributed by atoms with Crippen molar-refractivity contribution in [1.82, 2.24) is 0 Å². The zero-order valence-electron chi connectivity index (χ0n) is 7.20. The minimum absolute atomic E-state index is 0.440. The number of hydrogen-bond acceptors (Lipinski definition) is 6. The SMILES string of the molecule is CO[C@@H]1O[C@@H](CO)[C@@H](O)[C@@H](O)[C@H]1O. The van der Waals surface area contributed by atoms with Gasteiger partial charge >= 0.3 is 0 Å². The first kappa shape index (κ1) is 10.8. The lowest BCUT2D eigenvalue weighted by molar-refractivity contribution is -0.294. The van der Waals surface area contributed by atoms with Gasteiger partial charge in [-0.15, -0.1) is 0 Å². The highest BCUT2D eigenvalue weighted by Crippen LogP contribution is 2.20. The molecule has 0 amide bonds. The number of ether oxygens (including phenoxy) is 2. The molecule has 0 aromatic heterocycles. The van der Waals surface area contributed by atoms with Gasteiger partial charge in [-0.3, -0.25) is 0 Å². The van der Waals surface area contributed by atoms with Gasteiger partial charge in [-0.1, -0.05) is 0 Å². The second-order valence-corrected chi connectivity index (χ2v) is 2.93. The number of hydrogen-bond donors (Lipinski definition) is 4. The van der Waals surface area contributed by atoms with Gasteiger partial charge in [-0.05, 0) is 0 Å². The Bertz CT molecular complexity index is 143. The Balaban J connectivity index is 2.66. The molecule has 6 nitrogen and oxygen atoms in total. The first-order chi connectivity index (χ1) is 6.11. The van der Waals surface area contributed by atoms with Crippen molar-refractivity contribution < 1.29 is 29.9 Å². The summed E-state index contributed by atoms with van der Waals surface area (Å²) in [6.07, 6.45) is -5.91. The van der Waals surface area contributed by atoms with Crippen LogP contribution in [0.25, 0.3) is 0 Å². The van der Waals surface area contributed by atoms with E-state index < -0.39 is 37.3 Å². The Hall–Kier alpha value is -0.240. The van der Waals surface area contributed by atoms with Crippen LogP contribution in [0.3, 0.4) is 0 Å². The van der Waals surface area contributed by atoms with Gasteiger partial charge in [0.15, 0.2) is 6.29 Å². The molecule has 78 valence electrons. The number of aliphatic hydroxyl groups is 4. The van der Waals surface area contributed by atoms with Gasteiger partial charge in [-0.2, -0.15) is 0 Å². The fourth-order valence-corrected chi connectivity index (χ4v) is 1.26. The van der Waals surface area contributed by atoms with Crippen molar-refractivity contribution in [3.63, 3.8) is 0 Å². The van der Waals surface area contributed by atoms with E-state index >= 15 is 0 Å². The molecule has 0 aliphatic carbocycles. The fraction of sp³-hybridized carbons (Fsp3) is 1.00. The van der Waals surface area contributed by atoms with E-state index in [2.05, 4.69) is 0 Å². The third kappa shape index (κ3) is 1.98. The Morgan fingerprint density at radius 1 is 1.15 bits per heavy atom. The van der Waals surface area contributed by atoms with Crippen molar-refractivity contribution in [3.8, 4) is 0 Å². The minimum Gasteiger partial charge on any atom is -0.394 e. The van der Waals surface area contributed by atoms with E-state index in [0.29, 0.717) is 0 Å². The van der Waals surface area contributed by atoms with E-state index in [-0.39, 0.29) is 0 Å². The van der Waals surface area contributed by atoms with Gasteiger partial charge in [0.2, 0.25) is 0 Å². The maximum atomic E-state index is 9.28. The normalized spacial score (nSPS) is 46.4. The summed E-state index contributed by atoms with van der Waals surface area (Å²) in [5, 5.41) is 36.6. The van der Waals surface area contributed by atoms with E-state index in [0.717, 1.165) is 0 Å². The molecular weight excluding hydrogens is 180 g/mol. The van der Waals surface area contributed by atoms with Gasteiger partial charge in [0, 0.05) is 7.11 Å². The molecule has 1 aliphatic heterocycles. The van der Waals surface area contributed by atoms with Crippen molar-refractivity contribution in [2.75, 3.05) is 13.7 Å². The van der Waals surface area contributed by atoms with E-state index in [4.69, 9.17) is 14.6 Å². The molecule has 1 aliphatic rings. The number of aliphatic hydroxyl groups excluding tert-OH is 4. The van der Waals surface area contributed by atoms with Crippen LogP contribution in [0.5, 0.6) is 0 Å². The molecular formula is C7H14O6. The molecule has 0 unspecified atom stereocenters. The highest BCUT2D eigenvalue weighted by Gasteiger charge is 2.43. The molecule has 13 heavy (non-hydrogen) atoms. The molecule has 4 N–H and O–H groups in total. The van der Waals surface area contributed by atoms with Crippen LogP contribution in [0.15, 0.2) is 0 Å². The Labute approximate surface area is 75.3 Å². The van der Waals surface area contributed by atoms with Gasteiger partial charge in [0.1, 0.15) is 24.4 Å². The molecule has 6 heteroatoms. The smallest absolute Gasteiger partial charge is 0.186 e. The fourth-order valence-electron chi connectivity index (χ4n) is 1.26. The van der Waals surface area contributed by atoms with E-state index in [1.165, 1.54) is 7.11 Å². The lowest BCUT2D eigenvalue weighted by atomic mass is 9.99. The Morgan fingerprint density at radius 3 is 2.23 bits per heavy atom. The van der Waals surface area contributed by atoms with Crippen molar-refractivity contribution >= 4 is 0 Å². The average Bonchev–Trinajstić information content (AvgIpc) is 2.15. The van der Waals surface area contributed by atoms with E-state index in [1.807, 2.05) is 0 Å². The van der Waals surface area contributed by atoms with Crippen LogP contribution < -0.4 is 0 Å². The molecule has 0 spiro atoms. The average molecular weight is 194 g/mol. The van der Waals surface area contributed by atoms with Gasteiger partial charge in [-0.25, -0.2) is 0 Å². The van der Waals surface area contributed by atoms with Crippen LogP contribution in [0.1, 0.15) is 0 Å². The maximum absolute atomic E-state index is 9.28. The zero-order valence-corrected chi connectivity index (χ0v) is 7.20. The first-order valence-electron chi connectivity index (χ1n) is 3.95. The Morgan fingerprint density at radius 2 is 1.77 bits per heavy atom. The molecule has 0 aromatic carbocycles. The predicted molar refractivity (Wildman–Crippen MR) is 40.8 cm³/mol. The van der Waals surface area contributed by atoms with Gasteiger partial charge in [0.05, 0.1) is 6.61 Å². The highest BCUT2D eigenvalue weighted by molar-refractivity contribution is 4.88. The third-order valence-corrected chi connectivity index (χ3v) is 2.08. The van der Waals surface area contributed by atoms with Crippen LogP contribution >= 0.6 is 0 Å². The third-order valence-electron chi connectivity index (χ3n) is 2.08. The number of methoxy groups -OCH3 is 1. The summed E-state index contributed by atoms with van der Waals surface area (Å²) in [5.41, 5.74) is 0. The summed E-state index contributed by atoms with van der Waals surface area (Å²) < 4.78 is 9.65. The molecule has 0 radical (unpaired) electrons. The standard InChI is InChI=1S/C7H14O6/c1-12-7-6(11)5(10)4(9)3(2-8)13-7/h3-11H,2H2,1H3/t3-,4+,5+,6+,7+/m0/s1. The maximum Gasteiger partial charge on any atom is 0.186 e. The summed E-state index contributed by atoms with van der Waals surface area (Å²) in [7, 11) is 1.30. The first-order valence-corrected chi connectivity index (χ1v) is 3.95. The summed E-state index contributed by atoms with van der Waals surface area (Å²) in [6, 6.07) is 0. The van der Waals surface area contributed by atoms with Crippen LogP contribution in [0.2, 0.25) is 0 Å². The van der Waals surface area contributed by atoms with E-state index in [9.17, 15) is 15.3 Å². The molecule has 1 saturated heterocycles. The van der Waals surface area contributed by atoms with Crippen molar-refractivity contribution in [3.05, 3.63) is 0 Å². The second kappa shape index (κ2) is 4.32. The van der Waals surface area contributed by atoms with Crippen LogP contribution in [0.4, 0.5) is 0 Å². The van der Waals surface area contributed by atoms with Crippen LogP contribution in [-0.2, 0) is 9.47 Å². The molecule has 1 heterocycles. The summed E-state index contributed by atoms with van der Waals surface area (Å²) in [5.74, 6) is 0. The summed E-state index contributed by atoms with van der Waals surface area (Å²) in [4.78, 5) is 0. The summed E-state index contributed by atoms with van der Waals surface area (Å²) >= 11 is 0. The molecule has 1 fully saturated rings. The lowest BCUT2D eigenvalue weighted by Crippen LogP contribution is -2.58. The highest BCUT2D eigenvalue weighted by atomic mass is 16.7. The van der Waals surface area contributed by atoms with E-state index in [1.54, 1.807) is 0 Å². The lowest BCUT2D eigenvalue weighted by Gasteiger charge is -2.38. The monoisotopic (exact) mass is 194 g/mol. The molecule has 0 aromatic rings. The number of rotatable bonds is 2.